The van der Waals surface area contributed by atoms with E-state index < -0.39 is 5.41 Å². The number of hydrogen-bond acceptors (Lipinski definition) is 4. The lowest BCUT2D eigenvalue weighted by Gasteiger charge is -2.30. The van der Waals surface area contributed by atoms with Crippen LogP contribution in [0.5, 0.6) is 0 Å². The van der Waals surface area contributed by atoms with Crippen LogP contribution >= 0.6 is 0 Å². The summed E-state index contributed by atoms with van der Waals surface area (Å²) < 4.78 is 6.30. The van der Waals surface area contributed by atoms with Gasteiger partial charge in [0.25, 0.3) is 0 Å². The van der Waals surface area contributed by atoms with Crippen molar-refractivity contribution in [3.05, 3.63) is 235 Å². The molecule has 13 rings (SSSR count). The first kappa shape index (κ1) is 34.6. The summed E-state index contributed by atoms with van der Waals surface area (Å²) in [6.45, 7) is 0. The fourth-order valence-corrected chi connectivity index (χ4v) is 10.3. The number of rotatable bonds is 5. The van der Waals surface area contributed by atoms with Gasteiger partial charge in [-0.25, -0.2) is 15.0 Å². The molecule has 0 saturated heterocycles. The minimum absolute atomic E-state index is 0.392. The average Bonchev–Trinajstić information content (AvgIpc) is 3.98. The van der Waals surface area contributed by atoms with Crippen LogP contribution in [-0.4, -0.2) is 15.0 Å². The summed E-state index contributed by atoms with van der Waals surface area (Å²) in [5, 5.41) is 2.15. The lowest BCUT2D eigenvalue weighted by atomic mass is 9.70. The number of hydrogen-bond donors (Lipinski definition) is 0. The van der Waals surface area contributed by atoms with Crippen LogP contribution in [0.2, 0.25) is 0 Å². The number of para-hydroxylation sites is 1. The van der Waals surface area contributed by atoms with E-state index in [2.05, 4.69) is 176 Å². The molecule has 0 atom stereocenters. The SMILES string of the molecule is c1ccc(-c2nc(-c3ccc(-c4ccc5c(c4)C4(c6ccccc6-c6ccccc64)c4ccccc4-5)cc3)nc(-c3ccccc3-c3cccc4oc5ccccc5c34)n2)cc1. The largest absolute Gasteiger partial charge is 0.456 e. The van der Waals surface area contributed by atoms with Crippen LogP contribution < -0.4 is 0 Å². The molecule has 0 unspecified atom stereocenters. The van der Waals surface area contributed by atoms with E-state index in [1.807, 2.05) is 36.4 Å². The van der Waals surface area contributed by atoms with Gasteiger partial charge in [0.15, 0.2) is 17.5 Å². The van der Waals surface area contributed by atoms with Crippen LogP contribution in [0.3, 0.4) is 0 Å². The fourth-order valence-electron chi connectivity index (χ4n) is 10.3. The topological polar surface area (TPSA) is 51.8 Å². The Morgan fingerprint density at radius 1 is 0.290 bits per heavy atom. The van der Waals surface area contributed by atoms with E-state index in [4.69, 9.17) is 19.4 Å². The third kappa shape index (κ3) is 4.98. The molecule has 2 aromatic heterocycles. The molecule has 11 aromatic rings. The second-order valence-corrected chi connectivity index (χ2v) is 16.2. The zero-order valence-corrected chi connectivity index (χ0v) is 33.5. The van der Waals surface area contributed by atoms with Gasteiger partial charge in [-0.1, -0.05) is 194 Å². The van der Waals surface area contributed by atoms with Gasteiger partial charge in [-0.05, 0) is 85.0 Å². The van der Waals surface area contributed by atoms with Crippen LogP contribution in [-0.2, 0) is 5.41 Å². The van der Waals surface area contributed by atoms with E-state index in [9.17, 15) is 0 Å². The van der Waals surface area contributed by atoms with Gasteiger partial charge in [0.1, 0.15) is 11.2 Å². The van der Waals surface area contributed by atoms with Crippen molar-refractivity contribution < 1.29 is 4.42 Å². The highest BCUT2D eigenvalue weighted by atomic mass is 16.3. The van der Waals surface area contributed by atoms with Crippen LogP contribution in [0.25, 0.3) is 101 Å². The number of nitrogens with zero attached hydrogens (tertiary/aromatic N) is 3. The molecule has 9 aromatic carbocycles. The molecule has 0 bridgehead atoms. The van der Waals surface area contributed by atoms with Gasteiger partial charge in [-0.3, -0.25) is 0 Å². The maximum absolute atomic E-state index is 6.30. The number of fused-ring (bicyclic) bond motifs is 13. The van der Waals surface area contributed by atoms with Gasteiger partial charge in [-0.15, -0.1) is 0 Å². The van der Waals surface area contributed by atoms with Crippen molar-refractivity contribution in [2.75, 3.05) is 0 Å². The quantitative estimate of drug-likeness (QED) is 0.174. The lowest BCUT2D eigenvalue weighted by Crippen LogP contribution is -2.25. The normalized spacial score (nSPS) is 13.0. The van der Waals surface area contributed by atoms with Gasteiger partial charge in [0, 0.05) is 27.5 Å². The van der Waals surface area contributed by atoms with Crippen LogP contribution in [0.15, 0.2) is 217 Å². The minimum atomic E-state index is -0.392. The Morgan fingerprint density at radius 3 is 1.44 bits per heavy atom. The molecular weight excluding hydrogens is 755 g/mol. The van der Waals surface area contributed by atoms with Crippen LogP contribution in [0.4, 0.5) is 0 Å². The molecule has 4 heteroatoms. The first-order valence-electron chi connectivity index (χ1n) is 21.1. The van der Waals surface area contributed by atoms with E-state index in [0.717, 1.165) is 55.3 Å². The smallest absolute Gasteiger partial charge is 0.164 e. The molecule has 0 aliphatic heterocycles. The van der Waals surface area contributed by atoms with Crippen molar-refractivity contribution in [2.45, 2.75) is 5.41 Å². The highest BCUT2D eigenvalue weighted by molar-refractivity contribution is 6.13. The summed E-state index contributed by atoms with van der Waals surface area (Å²) >= 11 is 0. The zero-order chi connectivity index (χ0) is 40.8. The van der Waals surface area contributed by atoms with Crippen LogP contribution in [0.1, 0.15) is 22.3 Å². The second kappa shape index (κ2) is 13.4. The third-order valence-electron chi connectivity index (χ3n) is 13.0. The fraction of sp³-hybridized carbons (Fsp3) is 0.0172. The summed E-state index contributed by atoms with van der Waals surface area (Å²) in [6, 6.07) is 75.6. The van der Waals surface area contributed by atoms with E-state index in [0.29, 0.717) is 17.5 Å². The first-order valence-corrected chi connectivity index (χ1v) is 21.1. The van der Waals surface area contributed by atoms with Crippen molar-refractivity contribution in [3.63, 3.8) is 0 Å². The Kier molecular flexibility index (Phi) is 7.49. The van der Waals surface area contributed by atoms with Crippen molar-refractivity contribution >= 4 is 21.9 Å². The summed E-state index contributed by atoms with van der Waals surface area (Å²) in [4.78, 5) is 15.5. The van der Waals surface area contributed by atoms with Gasteiger partial charge in [0.05, 0.1) is 5.41 Å². The molecular formula is C58H35N3O. The van der Waals surface area contributed by atoms with Crippen molar-refractivity contribution in [1.82, 2.24) is 15.0 Å². The monoisotopic (exact) mass is 789 g/mol. The Hall–Kier alpha value is -8.21. The maximum Gasteiger partial charge on any atom is 0.164 e. The molecule has 2 aliphatic rings. The van der Waals surface area contributed by atoms with Crippen molar-refractivity contribution in [1.29, 1.82) is 0 Å². The summed E-state index contributed by atoms with van der Waals surface area (Å²) in [5.74, 6) is 1.85. The Morgan fingerprint density at radius 2 is 0.758 bits per heavy atom. The Balaban J connectivity index is 0.941. The van der Waals surface area contributed by atoms with Gasteiger partial charge in [0.2, 0.25) is 0 Å². The number of benzene rings is 9. The second-order valence-electron chi connectivity index (χ2n) is 16.2. The highest BCUT2D eigenvalue weighted by Gasteiger charge is 2.51. The van der Waals surface area contributed by atoms with Crippen LogP contribution in [0, 0.1) is 0 Å². The predicted octanol–water partition coefficient (Wildman–Crippen LogP) is 14.4. The zero-order valence-electron chi connectivity index (χ0n) is 33.5. The summed E-state index contributed by atoms with van der Waals surface area (Å²) in [7, 11) is 0. The standard InChI is InChI=1S/C58H35N3O/c1-2-15-37(16-3-1)55-59-56(61-57(60-55)46-21-5-4-17-40(46)45-23-14-28-53-54(45)47-22-9-13-27-52(47)62-53)38-31-29-36(30-32-38)39-33-34-44-43-20-8-12-26-50(43)58(51(44)35-39)48-24-10-6-18-41(48)42-19-7-11-25-49(42)58/h1-35H. The molecule has 2 aliphatic carbocycles. The van der Waals surface area contributed by atoms with Crippen molar-refractivity contribution in [2.24, 2.45) is 0 Å². The van der Waals surface area contributed by atoms with E-state index in [1.54, 1.807) is 0 Å². The van der Waals surface area contributed by atoms with E-state index >= 15 is 0 Å². The molecule has 0 radical (unpaired) electrons. The third-order valence-corrected chi connectivity index (χ3v) is 13.0. The molecule has 62 heavy (non-hydrogen) atoms. The first-order chi connectivity index (χ1) is 30.7. The molecule has 0 amide bonds. The molecule has 1 spiro atoms. The molecule has 0 N–H and O–H groups in total. The van der Waals surface area contributed by atoms with Gasteiger partial charge in [-0.2, -0.15) is 0 Å². The average molecular weight is 790 g/mol. The number of aromatic nitrogens is 3. The molecule has 288 valence electrons. The van der Waals surface area contributed by atoms with E-state index in [1.165, 1.54) is 50.1 Å². The molecule has 0 saturated carbocycles. The molecule has 4 nitrogen and oxygen atoms in total. The lowest BCUT2D eigenvalue weighted by molar-refractivity contribution is 0.669. The minimum Gasteiger partial charge on any atom is -0.456 e. The maximum atomic E-state index is 6.30. The summed E-state index contributed by atoms with van der Waals surface area (Å²) in [6.07, 6.45) is 0. The number of furan rings is 1. The Labute approximate surface area is 358 Å². The predicted molar refractivity (Wildman–Crippen MR) is 251 cm³/mol. The summed E-state index contributed by atoms with van der Waals surface area (Å²) in [5.41, 5.74) is 19.0. The van der Waals surface area contributed by atoms with E-state index in [-0.39, 0.29) is 0 Å². The van der Waals surface area contributed by atoms with Crippen molar-refractivity contribution in [3.8, 4) is 78.7 Å². The Bertz CT molecular complexity index is 3520. The highest BCUT2D eigenvalue weighted by Crippen LogP contribution is 2.63. The van der Waals surface area contributed by atoms with Gasteiger partial charge >= 0.3 is 0 Å². The van der Waals surface area contributed by atoms with Gasteiger partial charge < -0.3 is 4.42 Å². The molecule has 2 heterocycles. The molecule has 0 fully saturated rings.